The first kappa shape index (κ1) is 12.3. The quantitative estimate of drug-likeness (QED) is 0.834. The maximum absolute atomic E-state index is 11.6. The topological polar surface area (TPSA) is 56.0 Å². The van der Waals surface area contributed by atoms with Gasteiger partial charge in [0.05, 0.1) is 6.42 Å². The lowest BCUT2D eigenvalue weighted by Gasteiger charge is -2.13. The van der Waals surface area contributed by atoms with Crippen LogP contribution in [0.3, 0.4) is 0 Å². The first-order chi connectivity index (χ1) is 6.99. The Hall–Kier alpha value is -0.740. The zero-order valence-corrected chi connectivity index (χ0v) is 10.3. The van der Waals surface area contributed by atoms with Crippen LogP contribution in [0.15, 0.2) is 5.38 Å². The molecule has 0 aromatic carbocycles. The van der Waals surface area contributed by atoms with Crippen LogP contribution in [0.2, 0.25) is 0 Å². The number of nitrogens with zero attached hydrogens (tertiary/aromatic N) is 1. The Labute approximate surface area is 94.7 Å². The Morgan fingerprint density at radius 1 is 1.60 bits per heavy atom. The molecule has 84 valence electrons. The average Bonchev–Trinajstić information content (AvgIpc) is 2.50. The summed E-state index contributed by atoms with van der Waals surface area (Å²) < 4.78 is 0. The molecule has 0 saturated heterocycles. The minimum Gasteiger partial charge on any atom is -0.327 e. The van der Waals surface area contributed by atoms with Gasteiger partial charge in [-0.1, -0.05) is 13.8 Å². The number of aromatic nitrogens is 1. The van der Waals surface area contributed by atoms with Gasteiger partial charge in [-0.15, -0.1) is 11.3 Å². The Bertz CT molecular complexity index is 333. The number of aryl methyl sites for hydroxylation is 1. The highest BCUT2D eigenvalue weighted by molar-refractivity contribution is 7.09. The second kappa shape index (κ2) is 5.37. The summed E-state index contributed by atoms with van der Waals surface area (Å²) in [5, 5.41) is 2.86. The number of hydrogen-bond acceptors (Lipinski definition) is 4. The fourth-order valence-electron chi connectivity index (χ4n) is 1.22. The van der Waals surface area contributed by atoms with E-state index in [1.807, 2.05) is 26.2 Å². The van der Waals surface area contributed by atoms with E-state index in [0.29, 0.717) is 18.8 Å². The first-order valence-electron chi connectivity index (χ1n) is 5.17. The van der Waals surface area contributed by atoms with Gasteiger partial charge in [0.1, 0.15) is 10.8 Å². The summed E-state index contributed by atoms with van der Waals surface area (Å²) in [5.74, 6) is 0.539. The van der Waals surface area contributed by atoms with Crippen LogP contribution in [-0.4, -0.2) is 16.8 Å². The van der Waals surface area contributed by atoms with E-state index in [0.717, 1.165) is 10.7 Å². The van der Waals surface area contributed by atoms with Crippen molar-refractivity contribution in [3.63, 3.8) is 0 Å². The third kappa shape index (κ3) is 4.10. The van der Waals surface area contributed by atoms with Crippen molar-refractivity contribution in [2.75, 3.05) is 0 Å². The van der Waals surface area contributed by atoms with E-state index in [9.17, 15) is 4.79 Å². The molecule has 1 atom stereocenters. The molecule has 4 heteroatoms. The summed E-state index contributed by atoms with van der Waals surface area (Å²) >= 11 is 1.54. The van der Waals surface area contributed by atoms with Gasteiger partial charge in [0, 0.05) is 23.5 Å². The highest BCUT2D eigenvalue weighted by Crippen LogP contribution is 2.12. The standard InChI is InChI=1S/C11H18N2OS/c1-7(2)10(12)4-9(14)5-11-13-8(3)6-15-11/h6-7,10H,4-5,12H2,1-3H3. The normalized spacial score (nSPS) is 13.1. The molecule has 0 amide bonds. The Morgan fingerprint density at radius 3 is 2.73 bits per heavy atom. The number of rotatable bonds is 5. The van der Waals surface area contributed by atoms with E-state index in [2.05, 4.69) is 4.98 Å². The maximum atomic E-state index is 11.6. The fourth-order valence-corrected chi connectivity index (χ4v) is 2.02. The van der Waals surface area contributed by atoms with E-state index >= 15 is 0 Å². The van der Waals surface area contributed by atoms with E-state index in [-0.39, 0.29) is 11.8 Å². The molecule has 0 spiro atoms. The summed E-state index contributed by atoms with van der Waals surface area (Å²) in [6.07, 6.45) is 0.884. The molecule has 1 aromatic heterocycles. The largest absolute Gasteiger partial charge is 0.327 e. The SMILES string of the molecule is Cc1csc(CC(=O)CC(N)C(C)C)n1. The van der Waals surface area contributed by atoms with Gasteiger partial charge in [-0.05, 0) is 12.8 Å². The van der Waals surface area contributed by atoms with Crippen LogP contribution in [0, 0.1) is 12.8 Å². The number of thiazole rings is 1. The number of carbonyl (C=O) groups is 1. The second-order valence-electron chi connectivity index (χ2n) is 4.21. The van der Waals surface area contributed by atoms with E-state index in [4.69, 9.17) is 5.73 Å². The number of carbonyl (C=O) groups excluding carboxylic acids is 1. The van der Waals surface area contributed by atoms with Gasteiger partial charge in [-0.3, -0.25) is 4.79 Å². The highest BCUT2D eigenvalue weighted by Gasteiger charge is 2.14. The van der Waals surface area contributed by atoms with Crippen molar-refractivity contribution in [2.45, 2.75) is 39.7 Å². The third-order valence-electron chi connectivity index (χ3n) is 2.33. The summed E-state index contributed by atoms with van der Waals surface area (Å²) in [5.41, 5.74) is 6.82. The Kier molecular flexibility index (Phi) is 4.42. The summed E-state index contributed by atoms with van der Waals surface area (Å²) in [6, 6.07) is -0.0291. The van der Waals surface area contributed by atoms with Gasteiger partial charge in [-0.2, -0.15) is 0 Å². The van der Waals surface area contributed by atoms with E-state index in [1.165, 1.54) is 0 Å². The van der Waals surface area contributed by atoms with Crippen LogP contribution in [0.4, 0.5) is 0 Å². The minimum atomic E-state index is -0.0291. The zero-order valence-electron chi connectivity index (χ0n) is 9.49. The predicted molar refractivity (Wildman–Crippen MR) is 63.0 cm³/mol. The molecule has 1 aromatic rings. The molecule has 1 heterocycles. The second-order valence-corrected chi connectivity index (χ2v) is 5.15. The van der Waals surface area contributed by atoms with Gasteiger partial charge >= 0.3 is 0 Å². The lowest BCUT2D eigenvalue weighted by molar-refractivity contribution is -0.118. The van der Waals surface area contributed by atoms with Crippen LogP contribution < -0.4 is 5.73 Å². The van der Waals surface area contributed by atoms with Crippen molar-refractivity contribution >= 4 is 17.1 Å². The van der Waals surface area contributed by atoms with Crippen molar-refractivity contribution in [3.05, 3.63) is 16.1 Å². The number of ketones is 1. The molecule has 0 aliphatic carbocycles. The van der Waals surface area contributed by atoms with Crippen LogP contribution >= 0.6 is 11.3 Å². The first-order valence-corrected chi connectivity index (χ1v) is 6.05. The van der Waals surface area contributed by atoms with Gasteiger partial charge < -0.3 is 5.73 Å². The molecule has 1 unspecified atom stereocenters. The fraction of sp³-hybridized carbons (Fsp3) is 0.636. The summed E-state index contributed by atoms with van der Waals surface area (Å²) in [4.78, 5) is 15.9. The van der Waals surface area contributed by atoms with Gasteiger partial charge in [0.15, 0.2) is 0 Å². The lowest BCUT2D eigenvalue weighted by atomic mass is 9.99. The minimum absolute atomic E-state index is 0.0291. The molecule has 0 radical (unpaired) electrons. The van der Waals surface area contributed by atoms with Gasteiger partial charge in [-0.25, -0.2) is 4.98 Å². The Balaban J connectivity index is 2.43. The van der Waals surface area contributed by atoms with Gasteiger partial charge in [0.25, 0.3) is 0 Å². The van der Waals surface area contributed by atoms with Crippen molar-refractivity contribution in [3.8, 4) is 0 Å². The maximum Gasteiger partial charge on any atom is 0.141 e. The molecule has 3 nitrogen and oxygen atoms in total. The number of Topliss-reactive ketones (excluding diaryl/α,β-unsaturated/α-hetero) is 1. The van der Waals surface area contributed by atoms with Crippen LogP contribution in [-0.2, 0) is 11.2 Å². The highest BCUT2D eigenvalue weighted by atomic mass is 32.1. The van der Waals surface area contributed by atoms with E-state index in [1.54, 1.807) is 11.3 Å². The molecular weight excluding hydrogens is 208 g/mol. The van der Waals surface area contributed by atoms with Crippen molar-refractivity contribution in [1.82, 2.24) is 4.98 Å². The van der Waals surface area contributed by atoms with Crippen molar-refractivity contribution < 1.29 is 4.79 Å². The molecule has 15 heavy (non-hydrogen) atoms. The van der Waals surface area contributed by atoms with Crippen LogP contribution in [0.5, 0.6) is 0 Å². The van der Waals surface area contributed by atoms with E-state index < -0.39 is 0 Å². The molecule has 0 aliphatic rings. The monoisotopic (exact) mass is 226 g/mol. The molecule has 0 aliphatic heterocycles. The molecule has 2 N–H and O–H groups in total. The number of hydrogen-bond donors (Lipinski definition) is 1. The summed E-state index contributed by atoms with van der Waals surface area (Å²) in [6.45, 7) is 6.00. The van der Waals surface area contributed by atoms with Crippen LogP contribution in [0.1, 0.15) is 31.0 Å². The lowest BCUT2D eigenvalue weighted by Crippen LogP contribution is -2.29. The molecule has 1 rings (SSSR count). The Morgan fingerprint density at radius 2 is 2.27 bits per heavy atom. The van der Waals surface area contributed by atoms with Crippen molar-refractivity contribution in [2.24, 2.45) is 11.7 Å². The molecule has 0 saturated carbocycles. The zero-order chi connectivity index (χ0) is 11.4. The molecule has 0 bridgehead atoms. The average molecular weight is 226 g/mol. The molecular formula is C11H18N2OS. The third-order valence-corrected chi connectivity index (χ3v) is 3.30. The predicted octanol–water partition coefficient (Wildman–Crippen LogP) is 1.94. The number of nitrogens with two attached hydrogens (primary N) is 1. The smallest absolute Gasteiger partial charge is 0.141 e. The van der Waals surface area contributed by atoms with Gasteiger partial charge in [0.2, 0.25) is 0 Å². The van der Waals surface area contributed by atoms with Crippen LogP contribution in [0.25, 0.3) is 0 Å². The van der Waals surface area contributed by atoms with Crippen molar-refractivity contribution in [1.29, 1.82) is 0 Å². The molecule has 0 fully saturated rings. The summed E-state index contributed by atoms with van der Waals surface area (Å²) in [7, 11) is 0.